The first kappa shape index (κ1) is 20.5. The lowest BCUT2D eigenvalue weighted by molar-refractivity contribution is -0.134. The number of carbonyl (C=O) groups excluding carboxylic acids is 3. The van der Waals surface area contributed by atoms with Crippen molar-refractivity contribution in [1.82, 2.24) is 20.1 Å². The molecule has 3 amide bonds. The third-order valence-electron chi connectivity index (χ3n) is 4.92. The number of hydrogen-bond donors (Lipinski definition) is 2. The molecule has 2 N–H and O–H groups in total. The van der Waals surface area contributed by atoms with Crippen LogP contribution in [-0.2, 0) is 9.53 Å². The number of nitrogens with one attached hydrogen (secondary N) is 2. The number of amides is 3. The monoisotopic (exact) mass is 402 g/mol. The Morgan fingerprint density at radius 3 is 2.52 bits per heavy atom. The predicted molar refractivity (Wildman–Crippen MR) is 107 cm³/mol. The molecule has 1 aromatic heterocycles. The van der Waals surface area contributed by atoms with Crippen LogP contribution < -0.4 is 10.1 Å². The highest BCUT2D eigenvalue weighted by Crippen LogP contribution is 2.26. The van der Waals surface area contributed by atoms with Crippen molar-refractivity contribution in [3.8, 4) is 5.75 Å². The summed E-state index contributed by atoms with van der Waals surface area (Å²) in [6, 6.07) is 6.52. The Morgan fingerprint density at radius 2 is 1.86 bits per heavy atom. The molecule has 29 heavy (non-hydrogen) atoms. The van der Waals surface area contributed by atoms with Gasteiger partial charge in [-0.25, -0.2) is 4.79 Å². The van der Waals surface area contributed by atoms with Crippen LogP contribution in [0.15, 0.2) is 24.3 Å². The number of H-pyrrole nitrogens is 1. The van der Waals surface area contributed by atoms with Crippen LogP contribution in [0.5, 0.6) is 5.75 Å². The fourth-order valence-electron chi connectivity index (χ4n) is 3.36. The van der Waals surface area contributed by atoms with Gasteiger partial charge in [0.1, 0.15) is 17.5 Å². The molecule has 0 saturated carbocycles. The summed E-state index contributed by atoms with van der Waals surface area (Å²) < 4.78 is 10.3. The molecule has 0 spiro atoms. The molecular weight excluding hydrogens is 376 g/mol. The van der Waals surface area contributed by atoms with Crippen LogP contribution >= 0.6 is 0 Å². The molecule has 0 radical (unpaired) electrons. The van der Waals surface area contributed by atoms with Crippen LogP contribution in [0, 0.1) is 0 Å². The first-order valence-corrected chi connectivity index (χ1v) is 9.61. The number of methoxy groups -OCH3 is 1. The lowest BCUT2D eigenvalue weighted by Crippen LogP contribution is -2.55. The van der Waals surface area contributed by atoms with Crippen LogP contribution in [0.25, 0.3) is 10.9 Å². The quantitative estimate of drug-likeness (QED) is 0.791. The van der Waals surface area contributed by atoms with E-state index in [9.17, 15) is 14.4 Å². The largest absolute Gasteiger partial charge is 0.496 e. The molecule has 156 valence electrons. The summed E-state index contributed by atoms with van der Waals surface area (Å²) in [4.78, 5) is 43.3. The van der Waals surface area contributed by atoms with Crippen molar-refractivity contribution < 1.29 is 23.9 Å². The minimum Gasteiger partial charge on any atom is -0.496 e. The molecule has 1 atom stereocenters. The average molecular weight is 402 g/mol. The molecule has 1 aliphatic rings. The zero-order valence-electron chi connectivity index (χ0n) is 16.9. The lowest BCUT2D eigenvalue weighted by atomic mass is 10.2. The molecule has 9 nitrogen and oxygen atoms in total. The van der Waals surface area contributed by atoms with Crippen LogP contribution in [0.3, 0.4) is 0 Å². The van der Waals surface area contributed by atoms with Crippen LogP contribution in [-0.4, -0.2) is 78.6 Å². The van der Waals surface area contributed by atoms with Crippen molar-refractivity contribution >= 4 is 28.8 Å². The van der Waals surface area contributed by atoms with Gasteiger partial charge in [0, 0.05) is 37.1 Å². The van der Waals surface area contributed by atoms with E-state index in [-0.39, 0.29) is 17.9 Å². The summed E-state index contributed by atoms with van der Waals surface area (Å²) in [7, 11) is 1.57. The van der Waals surface area contributed by atoms with Gasteiger partial charge in [-0.2, -0.15) is 0 Å². The van der Waals surface area contributed by atoms with Gasteiger partial charge in [0.15, 0.2) is 0 Å². The van der Waals surface area contributed by atoms with Gasteiger partial charge < -0.3 is 29.6 Å². The zero-order chi connectivity index (χ0) is 21.0. The van der Waals surface area contributed by atoms with E-state index >= 15 is 0 Å². The topological polar surface area (TPSA) is 104 Å². The maximum Gasteiger partial charge on any atom is 0.409 e. The number of benzene rings is 1. The average Bonchev–Trinajstić information content (AvgIpc) is 3.18. The Labute approximate surface area is 168 Å². The second kappa shape index (κ2) is 8.85. The minimum absolute atomic E-state index is 0.185. The SMILES string of the molecule is CCOC(=O)N1CCN(C(=O)[C@@H](C)NC(=O)c2cc3c(OC)cccc3[nH]2)CC1. The Hall–Kier alpha value is -3.23. The molecule has 1 aromatic carbocycles. The summed E-state index contributed by atoms with van der Waals surface area (Å²) in [5, 5.41) is 3.54. The molecule has 1 fully saturated rings. The van der Waals surface area contributed by atoms with Crippen molar-refractivity contribution in [2.75, 3.05) is 39.9 Å². The third-order valence-corrected chi connectivity index (χ3v) is 4.92. The van der Waals surface area contributed by atoms with E-state index in [1.54, 1.807) is 36.8 Å². The molecule has 0 unspecified atom stereocenters. The number of ether oxygens (including phenoxy) is 2. The van der Waals surface area contributed by atoms with Gasteiger partial charge in [-0.3, -0.25) is 9.59 Å². The van der Waals surface area contributed by atoms with Crippen molar-refractivity contribution in [1.29, 1.82) is 0 Å². The standard InChI is InChI=1S/C20H26N4O5/c1-4-29-20(27)24-10-8-23(9-11-24)19(26)13(2)21-18(25)16-12-14-15(22-16)6-5-7-17(14)28-3/h5-7,12-13,22H,4,8-11H2,1-3H3,(H,21,25)/t13-/m1/s1. The lowest BCUT2D eigenvalue weighted by Gasteiger charge is -2.35. The fourth-order valence-corrected chi connectivity index (χ4v) is 3.36. The number of piperazine rings is 1. The number of fused-ring (bicyclic) bond motifs is 1. The molecule has 2 aromatic rings. The van der Waals surface area contributed by atoms with Gasteiger partial charge in [0.05, 0.1) is 13.7 Å². The van der Waals surface area contributed by atoms with E-state index in [4.69, 9.17) is 9.47 Å². The maximum atomic E-state index is 12.7. The molecule has 9 heteroatoms. The highest BCUT2D eigenvalue weighted by molar-refractivity contribution is 6.01. The van der Waals surface area contributed by atoms with E-state index in [1.807, 2.05) is 18.2 Å². The van der Waals surface area contributed by atoms with Crippen LogP contribution in [0.2, 0.25) is 0 Å². The van der Waals surface area contributed by atoms with Crippen LogP contribution in [0.4, 0.5) is 4.79 Å². The van der Waals surface area contributed by atoms with Gasteiger partial charge >= 0.3 is 6.09 Å². The minimum atomic E-state index is -0.690. The van der Waals surface area contributed by atoms with Crippen molar-refractivity contribution in [2.24, 2.45) is 0 Å². The second-order valence-corrected chi connectivity index (χ2v) is 6.81. The molecule has 2 heterocycles. The van der Waals surface area contributed by atoms with E-state index in [0.717, 1.165) is 10.9 Å². The molecule has 1 aliphatic heterocycles. The number of hydrogen-bond acceptors (Lipinski definition) is 5. The smallest absolute Gasteiger partial charge is 0.409 e. The highest BCUT2D eigenvalue weighted by atomic mass is 16.6. The fraction of sp³-hybridized carbons (Fsp3) is 0.450. The number of aromatic nitrogens is 1. The van der Waals surface area contributed by atoms with Gasteiger partial charge in [-0.05, 0) is 32.0 Å². The van der Waals surface area contributed by atoms with Crippen molar-refractivity contribution in [2.45, 2.75) is 19.9 Å². The summed E-state index contributed by atoms with van der Waals surface area (Å²) in [6.07, 6.45) is -0.366. The number of aromatic amines is 1. The Kier molecular flexibility index (Phi) is 6.26. The first-order chi connectivity index (χ1) is 13.9. The first-order valence-electron chi connectivity index (χ1n) is 9.61. The summed E-state index contributed by atoms with van der Waals surface area (Å²) in [6.45, 7) is 5.36. The number of nitrogens with zero attached hydrogens (tertiary/aromatic N) is 2. The molecule has 0 aliphatic carbocycles. The van der Waals surface area contributed by atoms with Gasteiger partial charge in [0.2, 0.25) is 5.91 Å². The Bertz CT molecular complexity index is 901. The van der Waals surface area contributed by atoms with Crippen molar-refractivity contribution in [3.63, 3.8) is 0 Å². The zero-order valence-corrected chi connectivity index (χ0v) is 16.9. The Morgan fingerprint density at radius 1 is 1.17 bits per heavy atom. The number of carbonyl (C=O) groups is 3. The normalized spacial score (nSPS) is 15.1. The van der Waals surface area contributed by atoms with Crippen molar-refractivity contribution in [3.05, 3.63) is 30.0 Å². The third kappa shape index (κ3) is 4.44. The molecule has 1 saturated heterocycles. The second-order valence-electron chi connectivity index (χ2n) is 6.81. The predicted octanol–water partition coefficient (Wildman–Crippen LogP) is 1.60. The van der Waals surface area contributed by atoms with E-state index < -0.39 is 6.04 Å². The van der Waals surface area contributed by atoms with Crippen LogP contribution in [0.1, 0.15) is 24.3 Å². The van der Waals surface area contributed by atoms with Gasteiger partial charge in [-0.15, -0.1) is 0 Å². The molecular formula is C20H26N4O5. The Balaban J connectivity index is 1.58. The molecule has 3 rings (SSSR count). The number of rotatable bonds is 5. The summed E-state index contributed by atoms with van der Waals surface area (Å²) in [5.74, 6) is 0.117. The summed E-state index contributed by atoms with van der Waals surface area (Å²) >= 11 is 0. The van der Waals surface area contributed by atoms with E-state index in [1.165, 1.54) is 0 Å². The molecule has 0 bridgehead atoms. The van der Waals surface area contributed by atoms with Gasteiger partial charge in [0.25, 0.3) is 5.91 Å². The van der Waals surface area contributed by atoms with Gasteiger partial charge in [-0.1, -0.05) is 6.07 Å². The summed E-state index contributed by atoms with van der Waals surface area (Å²) in [5.41, 5.74) is 1.14. The van der Waals surface area contributed by atoms with E-state index in [0.29, 0.717) is 44.2 Å². The maximum absolute atomic E-state index is 12.7. The van der Waals surface area contributed by atoms with E-state index in [2.05, 4.69) is 10.3 Å². The highest BCUT2D eigenvalue weighted by Gasteiger charge is 2.28.